The van der Waals surface area contributed by atoms with Crippen LogP contribution in [0.25, 0.3) is 0 Å². The second-order valence-corrected chi connectivity index (χ2v) is 6.83. The smallest absolute Gasteiger partial charge is 0.460 e. The molecule has 0 heterocycles. The summed E-state index contributed by atoms with van der Waals surface area (Å²) in [6, 6.07) is 20.8. The second kappa shape index (κ2) is 10.2. The third-order valence-corrected chi connectivity index (χ3v) is 4.57. The van der Waals surface area contributed by atoms with Gasteiger partial charge in [0, 0.05) is 13.0 Å². The van der Waals surface area contributed by atoms with Crippen molar-refractivity contribution in [2.75, 3.05) is 7.11 Å². The molecule has 3 aromatic carbocycles. The lowest BCUT2D eigenvalue weighted by Gasteiger charge is -2.25. The van der Waals surface area contributed by atoms with Gasteiger partial charge < -0.3 is 18.9 Å². The van der Waals surface area contributed by atoms with Crippen molar-refractivity contribution in [2.24, 2.45) is 0 Å². The Morgan fingerprint density at radius 1 is 0.875 bits per heavy atom. The van der Waals surface area contributed by atoms with Crippen LogP contribution < -0.4 is 14.2 Å². The maximum atomic E-state index is 12.9. The lowest BCUT2D eigenvalue weighted by Crippen LogP contribution is -2.27. The number of rotatable bonds is 8. The fourth-order valence-electron chi connectivity index (χ4n) is 2.98. The van der Waals surface area contributed by atoms with E-state index in [1.54, 1.807) is 37.3 Å². The van der Waals surface area contributed by atoms with Gasteiger partial charge in [-0.1, -0.05) is 55.5 Å². The van der Waals surface area contributed by atoms with Crippen molar-refractivity contribution in [1.82, 2.24) is 0 Å². The maximum Gasteiger partial charge on any atom is 0.573 e. The lowest BCUT2D eigenvalue weighted by atomic mass is 10.0. The van der Waals surface area contributed by atoms with Crippen LogP contribution in [0.5, 0.6) is 17.2 Å². The van der Waals surface area contributed by atoms with Gasteiger partial charge in [-0.3, -0.25) is 0 Å². The summed E-state index contributed by atoms with van der Waals surface area (Å²) in [6.45, 7) is 1.81. The minimum absolute atomic E-state index is 0.0133. The number of carbonyl (C=O) groups excluding carboxylic acids is 1. The number of esters is 1. The summed E-state index contributed by atoms with van der Waals surface area (Å²) in [7, 11) is 1.38. The summed E-state index contributed by atoms with van der Waals surface area (Å²) in [5.41, 5.74) is 0.845. The van der Waals surface area contributed by atoms with Crippen LogP contribution in [-0.2, 0) is 4.74 Å². The van der Waals surface area contributed by atoms with E-state index in [1.807, 2.05) is 30.3 Å². The molecule has 0 aliphatic rings. The summed E-state index contributed by atoms with van der Waals surface area (Å²) in [4.78, 5) is 12.5. The first-order valence-electron chi connectivity index (χ1n) is 9.68. The summed E-state index contributed by atoms with van der Waals surface area (Å²) in [5, 5.41) is 0. The van der Waals surface area contributed by atoms with Crippen LogP contribution in [0.3, 0.4) is 0 Å². The molecule has 0 radical (unpaired) electrons. The third-order valence-electron chi connectivity index (χ3n) is 4.57. The van der Waals surface area contributed by atoms with Gasteiger partial charge in [-0.15, -0.1) is 13.2 Å². The van der Waals surface area contributed by atoms with Gasteiger partial charge in [0.25, 0.3) is 0 Å². The van der Waals surface area contributed by atoms with Gasteiger partial charge in [-0.05, 0) is 35.9 Å². The minimum Gasteiger partial charge on any atom is -0.460 e. The Kier molecular flexibility index (Phi) is 7.37. The first-order chi connectivity index (χ1) is 15.3. The van der Waals surface area contributed by atoms with E-state index in [2.05, 4.69) is 4.74 Å². The van der Waals surface area contributed by atoms with Crippen LogP contribution in [0.2, 0.25) is 0 Å². The van der Waals surface area contributed by atoms with Gasteiger partial charge in [0.15, 0.2) is 11.5 Å². The molecule has 2 atom stereocenters. The van der Waals surface area contributed by atoms with Gasteiger partial charge in [0.05, 0.1) is 5.56 Å². The highest BCUT2D eigenvalue weighted by molar-refractivity contribution is 5.91. The van der Waals surface area contributed by atoms with Crippen LogP contribution in [0.15, 0.2) is 78.9 Å². The van der Waals surface area contributed by atoms with Gasteiger partial charge in [0.2, 0.25) is 6.29 Å². The van der Waals surface area contributed by atoms with Crippen LogP contribution in [0, 0.1) is 0 Å². The molecule has 3 aromatic rings. The lowest BCUT2D eigenvalue weighted by molar-refractivity contribution is -0.275. The summed E-state index contributed by atoms with van der Waals surface area (Å²) in [6.07, 6.45) is -5.90. The van der Waals surface area contributed by atoms with Crippen LogP contribution in [0.1, 0.15) is 28.8 Å². The maximum absolute atomic E-state index is 12.9. The van der Waals surface area contributed by atoms with Gasteiger partial charge in [-0.2, -0.15) is 0 Å². The van der Waals surface area contributed by atoms with Crippen molar-refractivity contribution < 1.29 is 36.9 Å². The number of hydrogen-bond acceptors (Lipinski definition) is 5. The average Bonchev–Trinajstić information content (AvgIpc) is 2.78. The Labute approximate surface area is 183 Å². The number of alkyl halides is 3. The van der Waals surface area contributed by atoms with Crippen molar-refractivity contribution in [3.63, 3.8) is 0 Å². The first kappa shape index (κ1) is 23.1. The molecule has 0 N–H and O–H groups in total. The Morgan fingerprint density at radius 2 is 1.50 bits per heavy atom. The van der Waals surface area contributed by atoms with E-state index in [1.165, 1.54) is 13.2 Å². The number of carbonyl (C=O) groups is 1. The molecule has 3 rings (SSSR count). The van der Waals surface area contributed by atoms with E-state index in [9.17, 15) is 18.0 Å². The van der Waals surface area contributed by atoms with E-state index in [0.717, 1.165) is 17.7 Å². The number of ether oxygens (including phenoxy) is 4. The normalized spacial score (nSPS) is 13.2. The third kappa shape index (κ3) is 6.24. The predicted molar refractivity (Wildman–Crippen MR) is 111 cm³/mol. The number of benzene rings is 3. The molecule has 0 saturated carbocycles. The highest BCUT2D eigenvalue weighted by Crippen LogP contribution is 2.36. The largest absolute Gasteiger partial charge is 0.573 e. The number of hydrogen-bond donors (Lipinski definition) is 0. The van der Waals surface area contributed by atoms with Crippen LogP contribution in [0.4, 0.5) is 13.2 Å². The van der Waals surface area contributed by atoms with E-state index < -0.39 is 24.4 Å². The van der Waals surface area contributed by atoms with E-state index >= 15 is 0 Å². The molecule has 5 nitrogen and oxygen atoms in total. The monoisotopic (exact) mass is 446 g/mol. The highest BCUT2D eigenvalue weighted by Gasteiger charge is 2.33. The molecule has 8 heteroatoms. The number of methoxy groups -OCH3 is 1. The average molecular weight is 446 g/mol. The van der Waals surface area contributed by atoms with Crippen molar-refractivity contribution in [1.29, 1.82) is 0 Å². The molecule has 32 heavy (non-hydrogen) atoms. The topological polar surface area (TPSA) is 54.0 Å². The number of halogens is 3. The second-order valence-electron chi connectivity index (χ2n) is 6.83. The van der Waals surface area contributed by atoms with E-state index in [4.69, 9.17) is 14.2 Å². The highest BCUT2D eigenvalue weighted by atomic mass is 19.4. The molecular weight excluding hydrogens is 425 g/mol. The summed E-state index contributed by atoms with van der Waals surface area (Å²) >= 11 is 0. The van der Waals surface area contributed by atoms with Crippen molar-refractivity contribution >= 4 is 5.97 Å². The van der Waals surface area contributed by atoms with Crippen LogP contribution in [-0.4, -0.2) is 25.7 Å². The zero-order chi connectivity index (χ0) is 23.1. The predicted octanol–water partition coefficient (Wildman–Crippen LogP) is 5.96. The molecule has 168 valence electrons. The molecule has 0 amide bonds. The zero-order valence-corrected chi connectivity index (χ0v) is 17.3. The fraction of sp³-hybridized carbons (Fsp3) is 0.208. The van der Waals surface area contributed by atoms with Crippen LogP contribution >= 0.6 is 0 Å². The zero-order valence-electron chi connectivity index (χ0n) is 17.3. The van der Waals surface area contributed by atoms with Gasteiger partial charge >= 0.3 is 12.3 Å². The van der Waals surface area contributed by atoms with Gasteiger partial charge in [0.1, 0.15) is 5.75 Å². The SMILES string of the molecule is COC(Oc1cc(C(=O)Oc2ccccc2)ccc1OC(F)(F)F)C(C)c1ccccc1. The molecule has 0 aromatic heterocycles. The van der Waals surface area contributed by atoms with Crippen molar-refractivity contribution in [3.05, 3.63) is 90.0 Å². The molecule has 0 saturated heterocycles. The molecule has 0 fully saturated rings. The Balaban J connectivity index is 1.89. The minimum atomic E-state index is -4.95. The van der Waals surface area contributed by atoms with Crippen molar-refractivity contribution in [2.45, 2.75) is 25.5 Å². The molecule has 0 aliphatic heterocycles. The molecule has 2 unspecified atom stereocenters. The van der Waals surface area contributed by atoms with Gasteiger partial charge in [-0.25, -0.2) is 4.79 Å². The molecule has 0 bridgehead atoms. The Morgan fingerprint density at radius 3 is 2.09 bits per heavy atom. The molecule has 0 aliphatic carbocycles. The first-order valence-corrected chi connectivity index (χ1v) is 9.68. The van der Waals surface area contributed by atoms with E-state index in [-0.39, 0.29) is 17.2 Å². The quantitative estimate of drug-likeness (QED) is 0.243. The summed E-state index contributed by atoms with van der Waals surface area (Å²) in [5.74, 6) is -1.71. The standard InChI is InChI=1S/C24H21F3O5/c1-16(17-9-5-3-6-10-17)23(29-2)31-21-15-18(13-14-20(21)32-24(25,26)27)22(28)30-19-11-7-4-8-12-19/h3-16,23H,1-2H3. The molecule has 0 spiro atoms. The Hall–Kier alpha value is -3.52. The fourth-order valence-corrected chi connectivity index (χ4v) is 2.98. The Bertz CT molecular complexity index is 1020. The molecular formula is C24H21F3O5. The summed E-state index contributed by atoms with van der Waals surface area (Å²) < 4.78 is 59.2. The number of para-hydroxylation sites is 1. The van der Waals surface area contributed by atoms with Crippen molar-refractivity contribution in [3.8, 4) is 17.2 Å². The van der Waals surface area contributed by atoms with E-state index in [0.29, 0.717) is 5.75 Å².